The van der Waals surface area contributed by atoms with Crippen LogP contribution in [0.1, 0.15) is 32.6 Å². The standard InChI is InChI=1S/C17H21NO2Se/c1-2-20-16-17(10-6-9-15(17)19)11-14(12-18-16)21-13-7-4-3-5-8-13/h3-5,7-8,14H,2,6,9-12H2,1H3. The maximum absolute atomic E-state index is 12.5. The molecule has 0 radical (unpaired) electrons. The van der Waals surface area contributed by atoms with E-state index in [1.807, 2.05) is 13.0 Å². The number of carbonyl (C=O) groups is 1. The zero-order valence-electron chi connectivity index (χ0n) is 12.4. The molecular formula is C17H21NO2Se. The second-order valence-corrected chi connectivity index (χ2v) is 8.58. The minimum absolute atomic E-state index is 0.350. The summed E-state index contributed by atoms with van der Waals surface area (Å²) in [5.74, 6) is 1.08. The molecule has 3 nitrogen and oxygen atoms in total. The van der Waals surface area contributed by atoms with Crippen LogP contribution in [-0.2, 0) is 9.53 Å². The summed E-state index contributed by atoms with van der Waals surface area (Å²) in [4.78, 5) is 17.7. The number of hydrogen-bond donors (Lipinski definition) is 0. The zero-order valence-corrected chi connectivity index (χ0v) is 14.1. The van der Waals surface area contributed by atoms with Crippen molar-refractivity contribution in [2.24, 2.45) is 10.4 Å². The molecule has 0 aromatic heterocycles. The first kappa shape index (κ1) is 14.8. The third kappa shape index (κ3) is 2.93. The molecule has 0 amide bonds. The van der Waals surface area contributed by atoms with Crippen LogP contribution in [0.25, 0.3) is 0 Å². The van der Waals surface area contributed by atoms with Crippen molar-refractivity contribution in [3.8, 4) is 0 Å². The molecule has 2 atom stereocenters. The Kier molecular flexibility index (Phi) is 4.46. The SMILES string of the molecule is CCOC1=NCC([Se]c2ccccc2)CC12CCCC2=O. The number of carbonyl (C=O) groups excluding carboxylic acids is 1. The van der Waals surface area contributed by atoms with Crippen molar-refractivity contribution in [3.63, 3.8) is 0 Å². The molecule has 0 saturated heterocycles. The number of Topliss-reactive ketones (excluding diaryl/α,β-unsaturated/α-hetero) is 1. The van der Waals surface area contributed by atoms with E-state index >= 15 is 0 Å². The van der Waals surface area contributed by atoms with Crippen LogP contribution in [0.15, 0.2) is 35.3 Å². The molecule has 1 aromatic rings. The van der Waals surface area contributed by atoms with Gasteiger partial charge < -0.3 is 0 Å². The summed E-state index contributed by atoms with van der Waals surface area (Å²) < 4.78 is 7.12. The van der Waals surface area contributed by atoms with Gasteiger partial charge in [0, 0.05) is 0 Å². The van der Waals surface area contributed by atoms with E-state index in [2.05, 4.69) is 29.3 Å². The van der Waals surface area contributed by atoms with Gasteiger partial charge >= 0.3 is 132 Å². The number of benzene rings is 1. The quantitative estimate of drug-likeness (QED) is 0.785. The molecule has 1 aromatic carbocycles. The third-order valence-corrected chi connectivity index (χ3v) is 6.80. The Balaban J connectivity index is 1.80. The summed E-state index contributed by atoms with van der Waals surface area (Å²) in [5.41, 5.74) is -0.393. The molecule has 4 heteroatoms. The minimum atomic E-state index is -0.393. The van der Waals surface area contributed by atoms with E-state index in [4.69, 9.17) is 4.74 Å². The first-order valence-corrected chi connectivity index (χ1v) is 9.52. The molecule has 0 N–H and O–H groups in total. The topological polar surface area (TPSA) is 38.7 Å². The zero-order chi connectivity index (χ0) is 14.7. The van der Waals surface area contributed by atoms with Crippen LogP contribution in [0.4, 0.5) is 0 Å². The first-order chi connectivity index (χ1) is 10.2. The van der Waals surface area contributed by atoms with Gasteiger partial charge in [0.2, 0.25) is 0 Å². The summed E-state index contributed by atoms with van der Waals surface area (Å²) in [7, 11) is 0. The van der Waals surface area contributed by atoms with Crippen molar-refractivity contribution in [1.82, 2.24) is 0 Å². The number of nitrogens with zero attached hydrogens (tertiary/aromatic N) is 1. The van der Waals surface area contributed by atoms with Crippen molar-refractivity contribution in [2.45, 2.75) is 37.4 Å². The van der Waals surface area contributed by atoms with Crippen molar-refractivity contribution < 1.29 is 9.53 Å². The van der Waals surface area contributed by atoms with Gasteiger partial charge in [-0.15, -0.1) is 0 Å². The van der Waals surface area contributed by atoms with Gasteiger partial charge in [0.05, 0.1) is 0 Å². The van der Waals surface area contributed by atoms with Gasteiger partial charge in [0.15, 0.2) is 0 Å². The monoisotopic (exact) mass is 351 g/mol. The summed E-state index contributed by atoms with van der Waals surface area (Å²) in [5, 5.41) is 0. The Morgan fingerprint density at radius 1 is 1.38 bits per heavy atom. The molecule has 1 saturated carbocycles. The Labute approximate surface area is 132 Å². The Morgan fingerprint density at radius 3 is 2.86 bits per heavy atom. The van der Waals surface area contributed by atoms with Gasteiger partial charge in [-0.05, 0) is 0 Å². The molecule has 21 heavy (non-hydrogen) atoms. The van der Waals surface area contributed by atoms with Crippen molar-refractivity contribution in [2.75, 3.05) is 13.2 Å². The Morgan fingerprint density at radius 2 is 2.19 bits per heavy atom. The van der Waals surface area contributed by atoms with Crippen LogP contribution >= 0.6 is 0 Å². The van der Waals surface area contributed by atoms with Crippen molar-refractivity contribution in [3.05, 3.63) is 30.3 Å². The molecule has 1 fully saturated rings. The second-order valence-electron chi connectivity index (χ2n) is 5.69. The van der Waals surface area contributed by atoms with Crippen molar-refractivity contribution >= 4 is 31.1 Å². The van der Waals surface area contributed by atoms with E-state index in [1.165, 1.54) is 4.46 Å². The number of hydrogen-bond acceptors (Lipinski definition) is 3. The van der Waals surface area contributed by atoms with Crippen LogP contribution in [0, 0.1) is 5.41 Å². The van der Waals surface area contributed by atoms with Gasteiger partial charge in [0.25, 0.3) is 0 Å². The fourth-order valence-corrected chi connectivity index (χ4v) is 5.89. The number of aliphatic imine (C=N–C) groups is 1. The van der Waals surface area contributed by atoms with E-state index in [1.54, 1.807) is 0 Å². The van der Waals surface area contributed by atoms with Gasteiger partial charge in [0.1, 0.15) is 0 Å². The molecule has 0 bridgehead atoms. The number of rotatable bonds is 3. The molecule has 1 heterocycles. The van der Waals surface area contributed by atoms with E-state index in [-0.39, 0.29) is 0 Å². The predicted octanol–water partition coefficient (Wildman–Crippen LogP) is 2.38. The van der Waals surface area contributed by atoms with Gasteiger partial charge in [-0.3, -0.25) is 0 Å². The molecule has 1 aliphatic carbocycles. The number of ether oxygens (including phenoxy) is 1. The third-order valence-electron chi connectivity index (χ3n) is 4.29. The van der Waals surface area contributed by atoms with Crippen LogP contribution in [-0.4, -0.2) is 39.8 Å². The van der Waals surface area contributed by atoms with Gasteiger partial charge in [-0.2, -0.15) is 0 Å². The fourth-order valence-electron chi connectivity index (χ4n) is 3.34. The average molecular weight is 350 g/mol. The van der Waals surface area contributed by atoms with Crippen LogP contribution in [0.3, 0.4) is 0 Å². The Hall–Kier alpha value is -1.12. The van der Waals surface area contributed by atoms with Gasteiger partial charge in [-0.1, -0.05) is 0 Å². The normalized spacial score (nSPS) is 28.7. The molecule has 1 spiro atoms. The van der Waals surface area contributed by atoms with E-state index in [0.29, 0.717) is 38.6 Å². The summed E-state index contributed by atoms with van der Waals surface area (Å²) in [6.07, 6.45) is 3.53. The molecule has 1 aliphatic heterocycles. The van der Waals surface area contributed by atoms with E-state index in [9.17, 15) is 4.79 Å². The first-order valence-electron chi connectivity index (χ1n) is 7.67. The molecule has 2 unspecified atom stereocenters. The maximum atomic E-state index is 12.5. The molecule has 2 aliphatic rings. The predicted molar refractivity (Wildman–Crippen MR) is 85.4 cm³/mol. The summed E-state index contributed by atoms with van der Waals surface area (Å²) >= 11 is 0.373. The van der Waals surface area contributed by atoms with Crippen LogP contribution in [0.5, 0.6) is 0 Å². The summed E-state index contributed by atoms with van der Waals surface area (Å²) in [6, 6.07) is 10.6. The molecule has 3 rings (SSSR count). The Bertz CT molecular complexity index is 543. The fraction of sp³-hybridized carbons (Fsp3) is 0.529. The van der Waals surface area contributed by atoms with Crippen molar-refractivity contribution in [1.29, 1.82) is 0 Å². The molecule has 112 valence electrons. The summed E-state index contributed by atoms with van der Waals surface area (Å²) in [6.45, 7) is 3.37. The molecular weight excluding hydrogens is 329 g/mol. The van der Waals surface area contributed by atoms with Crippen LogP contribution in [0.2, 0.25) is 4.82 Å². The second kappa shape index (κ2) is 6.33. The van der Waals surface area contributed by atoms with Gasteiger partial charge in [-0.25, -0.2) is 0 Å². The number of ketones is 1. The van der Waals surface area contributed by atoms with E-state index < -0.39 is 5.41 Å². The van der Waals surface area contributed by atoms with Crippen LogP contribution < -0.4 is 4.46 Å². The van der Waals surface area contributed by atoms with E-state index in [0.717, 1.165) is 31.7 Å². The average Bonchev–Trinajstić information content (AvgIpc) is 2.85.